The van der Waals surface area contributed by atoms with Crippen LogP contribution in [-0.4, -0.2) is 33.8 Å². The van der Waals surface area contributed by atoms with E-state index in [1.165, 1.54) is 0 Å². The molecule has 0 aliphatic heterocycles. The highest BCUT2D eigenvalue weighted by molar-refractivity contribution is 5.58. The van der Waals surface area contributed by atoms with E-state index in [9.17, 15) is 5.11 Å². The molecule has 0 aliphatic rings. The molecule has 5 nitrogen and oxygen atoms in total. The molecule has 1 atom stereocenters. The molecule has 20 heavy (non-hydrogen) atoms. The third-order valence-electron chi connectivity index (χ3n) is 3.66. The summed E-state index contributed by atoms with van der Waals surface area (Å²) in [6, 6.07) is 0. The fraction of sp³-hybridized carbons (Fsp3) is 0.733. The number of aryl methyl sites for hydroxylation is 1. The first-order valence-corrected chi connectivity index (χ1v) is 7.44. The van der Waals surface area contributed by atoms with E-state index in [-0.39, 0.29) is 12.1 Å². The van der Waals surface area contributed by atoms with E-state index < -0.39 is 0 Å². The fourth-order valence-corrected chi connectivity index (χ4v) is 2.03. The SMILES string of the molecule is CCCNc1nc(C)nc(NC(C)(CC)CCO)c1C. The van der Waals surface area contributed by atoms with Crippen LogP contribution in [0.15, 0.2) is 0 Å². The van der Waals surface area contributed by atoms with Crippen molar-refractivity contribution in [2.75, 3.05) is 23.8 Å². The van der Waals surface area contributed by atoms with Crippen molar-refractivity contribution in [2.45, 2.75) is 59.4 Å². The average Bonchev–Trinajstić information content (AvgIpc) is 2.41. The van der Waals surface area contributed by atoms with Gasteiger partial charge in [0.2, 0.25) is 0 Å². The molecule has 1 rings (SSSR count). The van der Waals surface area contributed by atoms with Crippen LogP contribution in [0.3, 0.4) is 0 Å². The summed E-state index contributed by atoms with van der Waals surface area (Å²) in [5.41, 5.74) is 0.879. The molecule has 0 spiro atoms. The Morgan fingerprint density at radius 3 is 2.35 bits per heavy atom. The van der Waals surface area contributed by atoms with Crippen LogP contribution in [0.2, 0.25) is 0 Å². The molecule has 3 N–H and O–H groups in total. The minimum Gasteiger partial charge on any atom is -0.396 e. The molecule has 1 heterocycles. The largest absolute Gasteiger partial charge is 0.396 e. The van der Waals surface area contributed by atoms with Crippen LogP contribution in [0.25, 0.3) is 0 Å². The average molecular weight is 280 g/mol. The van der Waals surface area contributed by atoms with E-state index in [2.05, 4.69) is 41.4 Å². The van der Waals surface area contributed by atoms with Crippen molar-refractivity contribution in [3.05, 3.63) is 11.4 Å². The summed E-state index contributed by atoms with van der Waals surface area (Å²) >= 11 is 0. The molecule has 0 fully saturated rings. The van der Waals surface area contributed by atoms with Crippen molar-refractivity contribution in [1.82, 2.24) is 9.97 Å². The Labute approximate surface area is 122 Å². The smallest absolute Gasteiger partial charge is 0.135 e. The predicted octanol–water partition coefficient (Wildman–Crippen LogP) is 2.88. The minimum absolute atomic E-state index is 0.150. The second kappa shape index (κ2) is 7.43. The van der Waals surface area contributed by atoms with Crippen LogP contribution in [0.4, 0.5) is 11.6 Å². The number of aromatic nitrogens is 2. The molecule has 1 aromatic heterocycles. The van der Waals surface area contributed by atoms with Crippen LogP contribution in [0, 0.1) is 13.8 Å². The Bertz CT molecular complexity index is 436. The topological polar surface area (TPSA) is 70.1 Å². The van der Waals surface area contributed by atoms with E-state index in [0.29, 0.717) is 6.42 Å². The van der Waals surface area contributed by atoms with E-state index in [0.717, 1.165) is 42.4 Å². The van der Waals surface area contributed by atoms with E-state index in [1.54, 1.807) is 0 Å². The van der Waals surface area contributed by atoms with Gasteiger partial charge >= 0.3 is 0 Å². The van der Waals surface area contributed by atoms with Gasteiger partial charge < -0.3 is 15.7 Å². The van der Waals surface area contributed by atoms with Crippen molar-refractivity contribution >= 4 is 11.6 Å². The van der Waals surface area contributed by atoms with E-state index in [1.807, 2.05) is 13.8 Å². The second-order valence-electron chi connectivity index (χ2n) is 5.53. The molecule has 0 aromatic carbocycles. The van der Waals surface area contributed by atoms with Gasteiger partial charge in [0.15, 0.2) is 0 Å². The molecule has 1 unspecified atom stereocenters. The van der Waals surface area contributed by atoms with Gasteiger partial charge in [-0.25, -0.2) is 9.97 Å². The van der Waals surface area contributed by atoms with E-state index >= 15 is 0 Å². The number of anilines is 2. The second-order valence-corrected chi connectivity index (χ2v) is 5.53. The number of aliphatic hydroxyl groups excluding tert-OH is 1. The highest BCUT2D eigenvalue weighted by Gasteiger charge is 2.23. The van der Waals surface area contributed by atoms with Crippen molar-refractivity contribution < 1.29 is 5.11 Å². The molecule has 0 saturated carbocycles. The fourth-order valence-electron chi connectivity index (χ4n) is 2.03. The summed E-state index contributed by atoms with van der Waals surface area (Å²) in [6.45, 7) is 11.3. The van der Waals surface area contributed by atoms with Gasteiger partial charge in [0, 0.05) is 24.3 Å². The van der Waals surface area contributed by atoms with Gasteiger partial charge in [-0.1, -0.05) is 13.8 Å². The van der Waals surface area contributed by atoms with Crippen LogP contribution in [-0.2, 0) is 0 Å². The number of nitrogens with one attached hydrogen (secondary N) is 2. The van der Waals surface area contributed by atoms with Crippen molar-refractivity contribution in [2.24, 2.45) is 0 Å². The first kappa shape index (κ1) is 16.7. The van der Waals surface area contributed by atoms with Gasteiger partial charge in [0.25, 0.3) is 0 Å². The van der Waals surface area contributed by atoms with Crippen LogP contribution < -0.4 is 10.6 Å². The maximum atomic E-state index is 9.22. The van der Waals surface area contributed by atoms with Crippen LogP contribution in [0.1, 0.15) is 51.4 Å². The van der Waals surface area contributed by atoms with Gasteiger partial charge in [0.1, 0.15) is 17.5 Å². The Hall–Kier alpha value is -1.36. The van der Waals surface area contributed by atoms with Gasteiger partial charge in [0.05, 0.1) is 0 Å². The maximum absolute atomic E-state index is 9.22. The third kappa shape index (κ3) is 4.34. The summed E-state index contributed by atoms with van der Waals surface area (Å²) in [7, 11) is 0. The lowest BCUT2D eigenvalue weighted by molar-refractivity contribution is 0.251. The summed E-state index contributed by atoms with van der Waals surface area (Å²) in [5.74, 6) is 2.50. The lowest BCUT2D eigenvalue weighted by Gasteiger charge is -2.30. The first-order valence-electron chi connectivity index (χ1n) is 7.44. The molecular weight excluding hydrogens is 252 g/mol. The van der Waals surface area contributed by atoms with Gasteiger partial charge in [-0.3, -0.25) is 0 Å². The normalized spacial score (nSPS) is 13.9. The zero-order valence-corrected chi connectivity index (χ0v) is 13.4. The van der Waals surface area contributed by atoms with Gasteiger partial charge in [-0.05, 0) is 40.0 Å². The molecule has 0 saturated heterocycles. The Morgan fingerprint density at radius 2 is 1.80 bits per heavy atom. The third-order valence-corrected chi connectivity index (χ3v) is 3.66. The van der Waals surface area contributed by atoms with Gasteiger partial charge in [-0.2, -0.15) is 0 Å². The summed E-state index contributed by atoms with van der Waals surface area (Å²) in [4.78, 5) is 8.97. The van der Waals surface area contributed by atoms with Crippen molar-refractivity contribution in [3.8, 4) is 0 Å². The number of rotatable bonds is 8. The quantitative estimate of drug-likeness (QED) is 0.683. The molecule has 0 aliphatic carbocycles. The Morgan fingerprint density at radius 1 is 1.15 bits per heavy atom. The van der Waals surface area contributed by atoms with Crippen molar-refractivity contribution in [1.29, 1.82) is 0 Å². The molecular formula is C15H28N4O. The van der Waals surface area contributed by atoms with Gasteiger partial charge in [-0.15, -0.1) is 0 Å². The molecule has 0 radical (unpaired) electrons. The molecule has 114 valence electrons. The zero-order valence-electron chi connectivity index (χ0n) is 13.4. The number of hydrogen-bond donors (Lipinski definition) is 3. The highest BCUT2D eigenvalue weighted by atomic mass is 16.3. The summed E-state index contributed by atoms with van der Waals surface area (Å²) in [6.07, 6.45) is 2.68. The first-order chi connectivity index (χ1) is 9.45. The number of nitrogens with zero attached hydrogens (tertiary/aromatic N) is 2. The maximum Gasteiger partial charge on any atom is 0.135 e. The zero-order chi connectivity index (χ0) is 15.2. The van der Waals surface area contributed by atoms with Crippen LogP contribution in [0.5, 0.6) is 0 Å². The Kier molecular flexibility index (Phi) is 6.20. The summed E-state index contributed by atoms with van der Waals surface area (Å²) < 4.78 is 0. The number of hydrogen-bond acceptors (Lipinski definition) is 5. The lowest BCUT2D eigenvalue weighted by atomic mass is 9.94. The highest BCUT2D eigenvalue weighted by Crippen LogP contribution is 2.26. The minimum atomic E-state index is -0.150. The molecule has 1 aromatic rings. The van der Waals surface area contributed by atoms with Crippen LogP contribution >= 0.6 is 0 Å². The predicted molar refractivity (Wildman–Crippen MR) is 84.3 cm³/mol. The monoisotopic (exact) mass is 280 g/mol. The molecule has 0 amide bonds. The van der Waals surface area contributed by atoms with E-state index in [4.69, 9.17) is 0 Å². The summed E-state index contributed by atoms with van der Waals surface area (Å²) in [5, 5.41) is 16.0. The lowest BCUT2D eigenvalue weighted by Crippen LogP contribution is -2.36. The molecule has 5 heteroatoms. The Balaban J connectivity index is 3.02. The van der Waals surface area contributed by atoms with Crippen molar-refractivity contribution in [3.63, 3.8) is 0 Å². The standard InChI is InChI=1S/C15H28N4O/c1-6-9-16-13-11(3)14(18-12(4)17-13)19-15(5,7-2)8-10-20/h20H,6-10H2,1-5H3,(H2,16,17,18,19). The molecule has 0 bridgehead atoms. The number of aliphatic hydroxyl groups is 1.